The van der Waals surface area contributed by atoms with Crippen LogP contribution in [-0.2, 0) is 11.3 Å². The van der Waals surface area contributed by atoms with E-state index in [2.05, 4.69) is 39.5 Å². The summed E-state index contributed by atoms with van der Waals surface area (Å²) >= 11 is 0. The molecule has 0 radical (unpaired) electrons. The third kappa shape index (κ3) is 3.84. The zero-order chi connectivity index (χ0) is 14.5. The lowest BCUT2D eigenvalue weighted by Crippen LogP contribution is -2.24. The molecule has 1 N–H and O–H groups in total. The maximum absolute atomic E-state index is 11.9. The Morgan fingerprint density at radius 1 is 1.33 bits per heavy atom. The third-order valence-electron chi connectivity index (χ3n) is 4.29. The number of anilines is 1. The zero-order valence-electron chi connectivity index (χ0n) is 12.4. The minimum absolute atomic E-state index is 0.134. The van der Waals surface area contributed by atoms with Crippen LogP contribution in [-0.4, -0.2) is 24.0 Å². The molecule has 2 aliphatic rings. The maximum Gasteiger partial charge on any atom is 0.220 e. The zero-order valence-corrected chi connectivity index (χ0v) is 12.4. The Bertz CT molecular complexity index is 503. The first-order valence-corrected chi connectivity index (χ1v) is 7.94. The number of nitrogens with zero attached hydrogens (tertiary/aromatic N) is 2. The molecule has 4 heteroatoms. The van der Waals surface area contributed by atoms with Crippen molar-refractivity contribution in [2.45, 2.75) is 38.6 Å². The van der Waals surface area contributed by atoms with E-state index in [0.29, 0.717) is 18.9 Å². The summed E-state index contributed by atoms with van der Waals surface area (Å²) < 4.78 is 0. The van der Waals surface area contributed by atoms with E-state index in [0.717, 1.165) is 37.3 Å². The number of amides is 1. The van der Waals surface area contributed by atoms with Crippen LogP contribution in [0.2, 0.25) is 0 Å². The van der Waals surface area contributed by atoms with Gasteiger partial charge in [0, 0.05) is 32.3 Å². The van der Waals surface area contributed by atoms with Crippen LogP contribution in [0.25, 0.3) is 0 Å². The van der Waals surface area contributed by atoms with Gasteiger partial charge in [-0.1, -0.05) is 18.2 Å². The van der Waals surface area contributed by atoms with E-state index >= 15 is 0 Å². The van der Waals surface area contributed by atoms with Crippen molar-refractivity contribution < 1.29 is 4.79 Å². The van der Waals surface area contributed by atoms with Crippen molar-refractivity contribution in [3.63, 3.8) is 0 Å². The molecule has 2 heterocycles. The van der Waals surface area contributed by atoms with Crippen molar-refractivity contribution in [1.29, 1.82) is 0 Å². The Kier molecular flexibility index (Phi) is 4.53. The predicted molar refractivity (Wildman–Crippen MR) is 84.0 cm³/mol. The number of nitrogens with one attached hydrogen (secondary N) is 1. The Labute approximate surface area is 126 Å². The molecular weight excluding hydrogens is 262 g/mol. The molecule has 1 amide bonds. The van der Waals surface area contributed by atoms with E-state index in [1.807, 2.05) is 6.20 Å². The van der Waals surface area contributed by atoms with Gasteiger partial charge in [0.1, 0.15) is 5.82 Å². The molecule has 0 saturated carbocycles. The van der Waals surface area contributed by atoms with Crippen LogP contribution in [0.4, 0.5) is 5.82 Å². The van der Waals surface area contributed by atoms with Gasteiger partial charge < -0.3 is 10.2 Å². The van der Waals surface area contributed by atoms with Crippen molar-refractivity contribution in [3.8, 4) is 0 Å². The largest absolute Gasteiger partial charge is 0.357 e. The summed E-state index contributed by atoms with van der Waals surface area (Å²) in [5.41, 5.74) is 1.06. The van der Waals surface area contributed by atoms with E-state index < -0.39 is 0 Å². The summed E-state index contributed by atoms with van der Waals surface area (Å²) in [6.45, 7) is 2.79. The number of hydrogen-bond donors (Lipinski definition) is 1. The molecule has 0 bridgehead atoms. The third-order valence-corrected chi connectivity index (χ3v) is 4.29. The van der Waals surface area contributed by atoms with E-state index in [9.17, 15) is 4.79 Å². The molecule has 1 aromatic rings. The molecule has 112 valence electrons. The summed E-state index contributed by atoms with van der Waals surface area (Å²) in [6.07, 6.45) is 11.5. The Morgan fingerprint density at radius 2 is 2.19 bits per heavy atom. The van der Waals surface area contributed by atoms with Crippen LogP contribution in [0.3, 0.4) is 0 Å². The van der Waals surface area contributed by atoms with Crippen LogP contribution < -0.4 is 10.2 Å². The second-order valence-corrected chi connectivity index (χ2v) is 5.97. The molecule has 1 aromatic heterocycles. The normalized spacial score (nSPS) is 21.0. The second-order valence-electron chi connectivity index (χ2n) is 5.97. The van der Waals surface area contributed by atoms with Gasteiger partial charge in [0.2, 0.25) is 5.91 Å². The van der Waals surface area contributed by atoms with E-state index in [-0.39, 0.29) is 5.91 Å². The predicted octanol–water partition coefficient (Wildman–Crippen LogP) is 2.65. The van der Waals surface area contributed by atoms with Crippen molar-refractivity contribution in [3.05, 3.63) is 36.0 Å². The Balaban J connectivity index is 1.46. The minimum atomic E-state index is 0.134. The average molecular weight is 285 g/mol. The van der Waals surface area contributed by atoms with Crippen LogP contribution in [0.5, 0.6) is 0 Å². The lowest BCUT2D eigenvalue weighted by Gasteiger charge is -2.16. The van der Waals surface area contributed by atoms with Gasteiger partial charge in [-0.05, 0) is 43.2 Å². The molecule has 1 aliphatic heterocycles. The van der Waals surface area contributed by atoms with Gasteiger partial charge in [-0.15, -0.1) is 0 Å². The first-order chi connectivity index (χ1) is 10.3. The quantitative estimate of drug-likeness (QED) is 0.846. The fourth-order valence-electron chi connectivity index (χ4n) is 3.03. The summed E-state index contributed by atoms with van der Waals surface area (Å²) in [5, 5.41) is 2.99. The van der Waals surface area contributed by atoms with Crippen LogP contribution in [0.15, 0.2) is 30.5 Å². The molecule has 1 saturated heterocycles. The highest BCUT2D eigenvalue weighted by Crippen LogP contribution is 2.20. The lowest BCUT2D eigenvalue weighted by atomic mass is 10.1. The SMILES string of the molecule is O=C(CC1C=CCC1)NCc1ccc(N2CCCC2)nc1. The molecule has 1 unspecified atom stereocenters. The second kappa shape index (κ2) is 6.74. The molecule has 4 nitrogen and oxygen atoms in total. The summed E-state index contributed by atoms with van der Waals surface area (Å²) in [7, 11) is 0. The van der Waals surface area contributed by atoms with Crippen molar-refractivity contribution in [2.75, 3.05) is 18.0 Å². The van der Waals surface area contributed by atoms with Crippen LogP contribution >= 0.6 is 0 Å². The molecular formula is C17H23N3O. The van der Waals surface area contributed by atoms with Gasteiger partial charge in [0.25, 0.3) is 0 Å². The van der Waals surface area contributed by atoms with Gasteiger partial charge in [-0.3, -0.25) is 4.79 Å². The standard InChI is InChI=1S/C17H23N3O/c21-17(11-14-5-1-2-6-14)19-13-15-7-8-16(18-12-15)20-9-3-4-10-20/h1,5,7-8,12,14H,2-4,6,9-11,13H2,(H,19,21). The number of pyridine rings is 1. The molecule has 0 aromatic carbocycles. The molecule has 21 heavy (non-hydrogen) atoms. The fourth-order valence-corrected chi connectivity index (χ4v) is 3.03. The average Bonchev–Trinajstić information content (AvgIpc) is 3.19. The smallest absolute Gasteiger partial charge is 0.220 e. The lowest BCUT2D eigenvalue weighted by molar-refractivity contribution is -0.121. The van der Waals surface area contributed by atoms with E-state index in [1.165, 1.54) is 12.8 Å². The van der Waals surface area contributed by atoms with Gasteiger partial charge in [0.15, 0.2) is 0 Å². The van der Waals surface area contributed by atoms with Crippen molar-refractivity contribution >= 4 is 11.7 Å². The number of rotatable bonds is 5. The highest BCUT2D eigenvalue weighted by molar-refractivity contribution is 5.76. The van der Waals surface area contributed by atoms with Gasteiger partial charge in [-0.2, -0.15) is 0 Å². The number of carbonyl (C=O) groups excluding carboxylic acids is 1. The molecule has 1 atom stereocenters. The molecule has 3 rings (SSSR count). The number of aromatic nitrogens is 1. The topological polar surface area (TPSA) is 45.2 Å². The number of carbonyl (C=O) groups is 1. The van der Waals surface area contributed by atoms with Gasteiger partial charge in [0.05, 0.1) is 0 Å². The van der Waals surface area contributed by atoms with Crippen LogP contribution in [0, 0.1) is 5.92 Å². The van der Waals surface area contributed by atoms with Gasteiger partial charge >= 0.3 is 0 Å². The van der Waals surface area contributed by atoms with Crippen LogP contribution in [0.1, 0.15) is 37.7 Å². The first-order valence-electron chi connectivity index (χ1n) is 7.94. The van der Waals surface area contributed by atoms with E-state index in [1.54, 1.807) is 0 Å². The monoisotopic (exact) mass is 285 g/mol. The fraction of sp³-hybridized carbons (Fsp3) is 0.529. The Morgan fingerprint density at radius 3 is 2.86 bits per heavy atom. The van der Waals surface area contributed by atoms with Gasteiger partial charge in [-0.25, -0.2) is 4.98 Å². The van der Waals surface area contributed by atoms with Crippen molar-refractivity contribution in [2.24, 2.45) is 5.92 Å². The summed E-state index contributed by atoms with van der Waals surface area (Å²) in [5.74, 6) is 1.62. The first kappa shape index (κ1) is 14.1. The highest BCUT2D eigenvalue weighted by atomic mass is 16.1. The number of hydrogen-bond acceptors (Lipinski definition) is 3. The minimum Gasteiger partial charge on any atom is -0.357 e. The Hall–Kier alpha value is -1.84. The molecule has 1 fully saturated rings. The maximum atomic E-state index is 11.9. The number of allylic oxidation sites excluding steroid dienone is 2. The van der Waals surface area contributed by atoms with Crippen molar-refractivity contribution in [1.82, 2.24) is 10.3 Å². The summed E-state index contributed by atoms with van der Waals surface area (Å²) in [4.78, 5) is 18.7. The summed E-state index contributed by atoms with van der Waals surface area (Å²) in [6, 6.07) is 4.13. The van der Waals surface area contributed by atoms with E-state index in [4.69, 9.17) is 0 Å². The molecule has 0 spiro atoms. The molecule has 1 aliphatic carbocycles. The highest BCUT2D eigenvalue weighted by Gasteiger charge is 2.14.